The van der Waals surface area contributed by atoms with Gasteiger partial charge in [0.15, 0.2) is 0 Å². The van der Waals surface area contributed by atoms with Crippen molar-refractivity contribution in [1.29, 1.82) is 0 Å². The van der Waals surface area contributed by atoms with Crippen LogP contribution >= 0.6 is 22.7 Å². The SMILES string of the molecule is Cc1nc(-c2cccs2)sc1CNS(=O)(=O)c1ccccc1C(F)(F)F. The van der Waals surface area contributed by atoms with Crippen LogP contribution in [0, 0.1) is 6.92 Å². The molecule has 138 valence electrons. The molecule has 10 heteroatoms. The highest BCUT2D eigenvalue weighted by Crippen LogP contribution is 2.34. The number of benzene rings is 1. The predicted molar refractivity (Wildman–Crippen MR) is 95.6 cm³/mol. The van der Waals surface area contributed by atoms with E-state index in [0.717, 1.165) is 28.1 Å². The number of nitrogens with one attached hydrogen (secondary N) is 1. The Morgan fingerprint density at radius 3 is 2.54 bits per heavy atom. The lowest BCUT2D eigenvalue weighted by Crippen LogP contribution is -2.26. The van der Waals surface area contributed by atoms with Gasteiger partial charge >= 0.3 is 6.18 Å². The van der Waals surface area contributed by atoms with Gasteiger partial charge in [-0.3, -0.25) is 0 Å². The maximum Gasteiger partial charge on any atom is 0.417 e. The zero-order valence-corrected chi connectivity index (χ0v) is 15.8. The van der Waals surface area contributed by atoms with E-state index in [2.05, 4.69) is 9.71 Å². The smallest absolute Gasteiger partial charge is 0.240 e. The lowest BCUT2D eigenvalue weighted by Gasteiger charge is -2.13. The molecule has 0 aliphatic carbocycles. The summed E-state index contributed by atoms with van der Waals surface area (Å²) < 4.78 is 66.2. The average molecular weight is 418 g/mol. The minimum atomic E-state index is -4.75. The van der Waals surface area contributed by atoms with E-state index in [-0.39, 0.29) is 6.54 Å². The molecule has 3 aromatic rings. The van der Waals surface area contributed by atoms with Gasteiger partial charge in [0.25, 0.3) is 0 Å². The van der Waals surface area contributed by atoms with Gasteiger partial charge < -0.3 is 0 Å². The van der Waals surface area contributed by atoms with Crippen LogP contribution in [0.1, 0.15) is 16.1 Å². The molecule has 0 bridgehead atoms. The summed E-state index contributed by atoms with van der Waals surface area (Å²) in [6, 6.07) is 7.89. The third-order valence-electron chi connectivity index (χ3n) is 3.53. The molecule has 0 unspecified atom stereocenters. The highest BCUT2D eigenvalue weighted by molar-refractivity contribution is 7.89. The largest absolute Gasteiger partial charge is 0.417 e. The molecule has 2 heterocycles. The van der Waals surface area contributed by atoms with Crippen molar-refractivity contribution in [2.45, 2.75) is 24.5 Å². The molecule has 0 radical (unpaired) electrons. The van der Waals surface area contributed by atoms with Gasteiger partial charge in [-0.1, -0.05) is 18.2 Å². The molecule has 4 nitrogen and oxygen atoms in total. The molecule has 0 saturated carbocycles. The summed E-state index contributed by atoms with van der Waals surface area (Å²) in [5, 5.41) is 2.66. The number of hydrogen-bond acceptors (Lipinski definition) is 5. The average Bonchev–Trinajstić information content (AvgIpc) is 3.22. The van der Waals surface area contributed by atoms with E-state index in [1.807, 2.05) is 17.5 Å². The molecule has 1 aromatic carbocycles. The van der Waals surface area contributed by atoms with Crippen molar-refractivity contribution in [3.8, 4) is 9.88 Å². The Labute approximate surface area is 156 Å². The maximum atomic E-state index is 13.1. The summed E-state index contributed by atoms with van der Waals surface area (Å²) in [6.07, 6.45) is -4.75. The Kier molecular flexibility index (Phi) is 5.20. The number of sulfonamides is 1. The second kappa shape index (κ2) is 7.10. The first-order valence-corrected chi connectivity index (χ1v) is 10.5. The van der Waals surface area contributed by atoms with Crippen LogP contribution in [-0.2, 0) is 22.7 Å². The van der Waals surface area contributed by atoms with Crippen LogP contribution < -0.4 is 4.72 Å². The van der Waals surface area contributed by atoms with Crippen molar-refractivity contribution in [2.24, 2.45) is 0 Å². The summed E-state index contributed by atoms with van der Waals surface area (Å²) in [4.78, 5) is 5.22. The summed E-state index contributed by atoms with van der Waals surface area (Å²) in [6.45, 7) is 1.62. The Morgan fingerprint density at radius 2 is 1.88 bits per heavy atom. The van der Waals surface area contributed by atoms with Gasteiger partial charge in [-0.15, -0.1) is 22.7 Å². The zero-order valence-electron chi connectivity index (χ0n) is 13.4. The third kappa shape index (κ3) is 3.98. The number of halogens is 3. The van der Waals surface area contributed by atoms with Crippen molar-refractivity contribution in [1.82, 2.24) is 9.71 Å². The van der Waals surface area contributed by atoms with E-state index in [4.69, 9.17) is 0 Å². The van der Waals surface area contributed by atoms with Crippen molar-refractivity contribution < 1.29 is 21.6 Å². The number of aromatic nitrogens is 1. The molecular formula is C16H13F3N2O2S3. The lowest BCUT2D eigenvalue weighted by atomic mass is 10.2. The molecule has 26 heavy (non-hydrogen) atoms. The number of thiophene rings is 1. The molecule has 0 aliphatic heterocycles. The molecule has 3 rings (SSSR count). The van der Waals surface area contributed by atoms with Crippen LogP contribution in [0.15, 0.2) is 46.7 Å². The van der Waals surface area contributed by atoms with Gasteiger partial charge in [-0.25, -0.2) is 18.1 Å². The van der Waals surface area contributed by atoms with E-state index < -0.39 is 26.7 Å². The Bertz CT molecular complexity index is 1010. The van der Waals surface area contributed by atoms with Crippen LogP contribution in [0.4, 0.5) is 13.2 Å². The molecule has 0 saturated heterocycles. The number of hydrogen-bond donors (Lipinski definition) is 1. The highest BCUT2D eigenvalue weighted by Gasteiger charge is 2.36. The van der Waals surface area contributed by atoms with Crippen LogP contribution in [-0.4, -0.2) is 13.4 Å². The summed E-state index contributed by atoms with van der Waals surface area (Å²) >= 11 is 2.82. The Morgan fingerprint density at radius 1 is 1.15 bits per heavy atom. The molecule has 0 atom stereocenters. The van der Waals surface area contributed by atoms with Crippen LogP contribution in [0.5, 0.6) is 0 Å². The van der Waals surface area contributed by atoms with Gasteiger partial charge in [0.1, 0.15) is 5.01 Å². The lowest BCUT2D eigenvalue weighted by molar-refractivity contribution is -0.139. The molecule has 1 N–H and O–H groups in total. The van der Waals surface area contributed by atoms with Crippen LogP contribution in [0.2, 0.25) is 0 Å². The van der Waals surface area contributed by atoms with E-state index in [1.54, 1.807) is 6.92 Å². The van der Waals surface area contributed by atoms with E-state index in [0.29, 0.717) is 10.6 Å². The Balaban J connectivity index is 1.84. The fraction of sp³-hybridized carbons (Fsp3) is 0.188. The first-order chi connectivity index (χ1) is 12.2. The van der Waals surface area contributed by atoms with Crippen molar-refractivity contribution in [2.75, 3.05) is 0 Å². The van der Waals surface area contributed by atoms with Gasteiger partial charge in [-0.05, 0) is 30.5 Å². The summed E-state index contributed by atoms with van der Waals surface area (Å²) in [7, 11) is -4.32. The van der Waals surface area contributed by atoms with E-state index >= 15 is 0 Å². The molecule has 0 amide bonds. The number of alkyl halides is 3. The van der Waals surface area contributed by atoms with Gasteiger partial charge in [-0.2, -0.15) is 13.2 Å². The molecule has 0 aliphatic rings. The van der Waals surface area contributed by atoms with Crippen molar-refractivity contribution in [3.05, 3.63) is 57.9 Å². The first-order valence-electron chi connectivity index (χ1n) is 7.34. The van der Waals surface area contributed by atoms with E-state index in [1.165, 1.54) is 28.7 Å². The van der Waals surface area contributed by atoms with Crippen LogP contribution in [0.25, 0.3) is 9.88 Å². The normalized spacial score (nSPS) is 12.5. The zero-order chi connectivity index (χ0) is 18.9. The molecule has 0 spiro atoms. The van der Waals surface area contributed by atoms with E-state index in [9.17, 15) is 21.6 Å². The summed E-state index contributed by atoms with van der Waals surface area (Å²) in [5.74, 6) is 0. The van der Waals surface area contributed by atoms with Crippen molar-refractivity contribution >= 4 is 32.7 Å². The number of thiazole rings is 1. The number of rotatable bonds is 5. The minimum Gasteiger partial charge on any atom is -0.240 e. The predicted octanol–water partition coefficient (Wildman–Crippen LogP) is 4.68. The van der Waals surface area contributed by atoms with Gasteiger partial charge in [0.05, 0.1) is 21.0 Å². The molecule has 0 fully saturated rings. The third-order valence-corrected chi connectivity index (χ3v) is 7.19. The standard InChI is InChI=1S/C16H13F3N2O2S3/c1-10-13(25-15(21-10)12-6-4-8-24-12)9-20-26(22,23)14-7-3-2-5-11(14)16(17,18)19/h2-8,20H,9H2,1H3. The first kappa shape index (κ1) is 19.0. The fourth-order valence-corrected chi connectivity index (χ4v) is 5.38. The summed E-state index contributed by atoms with van der Waals surface area (Å²) in [5.41, 5.74) is -0.544. The Hall–Kier alpha value is -1.75. The quantitative estimate of drug-likeness (QED) is 0.655. The van der Waals surface area contributed by atoms with Gasteiger partial charge in [0, 0.05) is 11.4 Å². The fourth-order valence-electron chi connectivity index (χ4n) is 2.27. The topological polar surface area (TPSA) is 59.1 Å². The monoisotopic (exact) mass is 418 g/mol. The maximum absolute atomic E-state index is 13.1. The minimum absolute atomic E-state index is 0.122. The van der Waals surface area contributed by atoms with Crippen molar-refractivity contribution in [3.63, 3.8) is 0 Å². The highest BCUT2D eigenvalue weighted by atomic mass is 32.2. The van der Waals surface area contributed by atoms with Gasteiger partial charge in [0.2, 0.25) is 10.0 Å². The van der Waals surface area contributed by atoms with Crippen LogP contribution in [0.3, 0.4) is 0 Å². The second-order valence-corrected chi connectivity index (χ2v) is 9.09. The number of nitrogens with zero attached hydrogens (tertiary/aromatic N) is 1. The molecular weight excluding hydrogens is 405 g/mol. The second-order valence-electron chi connectivity index (χ2n) is 5.32. The number of aryl methyl sites for hydroxylation is 1. The molecule has 2 aromatic heterocycles.